The first-order valence-corrected chi connectivity index (χ1v) is 6.49. The molecule has 0 unspecified atom stereocenters. The first-order chi connectivity index (χ1) is 7.11. The van der Waals surface area contributed by atoms with Gasteiger partial charge in [-0.3, -0.25) is 0 Å². The minimum Gasteiger partial charge on any atom is -0.474 e. The van der Waals surface area contributed by atoms with E-state index in [1.54, 1.807) is 0 Å². The van der Waals surface area contributed by atoms with Crippen LogP contribution in [0.4, 0.5) is 8.78 Å². The molecular weight excluding hydrogens is 286 g/mol. The molecule has 0 radical (unpaired) electrons. The highest BCUT2D eigenvalue weighted by molar-refractivity contribution is 7.89. The summed E-state index contributed by atoms with van der Waals surface area (Å²) >= 11 is 5.22. The number of nitrogens with two attached hydrogens (primary N) is 1. The Hall–Kier alpha value is -0.510. The molecule has 0 aliphatic heterocycles. The van der Waals surface area contributed by atoms with Gasteiger partial charge in [0.1, 0.15) is 0 Å². The molecule has 1 aromatic rings. The summed E-state index contributed by atoms with van der Waals surface area (Å²) in [5.41, 5.74) is 0.0976. The molecule has 0 atom stereocenters. The van der Waals surface area contributed by atoms with Gasteiger partial charge in [0.05, 0.1) is 5.69 Å². The van der Waals surface area contributed by atoms with Gasteiger partial charge in [-0.25, -0.2) is 13.6 Å². The van der Waals surface area contributed by atoms with Crippen LogP contribution in [-0.2, 0) is 10.0 Å². The number of ether oxygens (including phenoxy) is 1. The predicted octanol–water partition coefficient (Wildman–Crippen LogP) is 1.31. The Bertz CT molecular complexity index is 482. The van der Waals surface area contributed by atoms with Crippen LogP contribution >= 0.6 is 23.1 Å². The Labute approximate surface area is 99.4 Å². The predicted molar refractivity (Wildman–Crippen MR) is 54.5 cm³/mol. The van der Waals surface area contributed by atoms with Crippen molar-refractivity contribution in [2.24, 2.45) is 5.14 Å². The number of halogens is 3. The molecular formula is C6H7ClF2N2O3S2. The van der Waals surface area contributed by atoms with Crippen LogP contribution in [-0.4, -0.2) is 24.8 Å². The molecule has 0 aromatic carbocycles. The number of hydrogen-bond donors (Lipinski definition) is 1. The topological polar surface area (TPSA) is 82.3 Å². The van der Waals surface area contributed by atoms with Crippen LogP contribution in [0.5, 0.6) is 5.06 Å². The quantitative estimate of drug-likeness (QED) is 0.848. The molecule has 1 rings (SSSR count). The van der Waals surface area contributed by atoms with E-state index in [-0.39, 0.29) is 10.8 Å². The SMILES string of the molecule is Cc1nsc(OCC(F)(F)Cl)c1S(N)(=O)=O. The van der Waals surface area contributed by atoms with Crippen LogP contribution in [0.15, 0.2) is 4.90 Å². The molecule has 92 valence electrons. The van der Waals surface area contributed by atoms with E-state index in [0.29, 0.717) is 11.5 Å². The largest absolute Gasteiger partial charge is 0.474 e. The monoisotopic (exact) mass is 292 g/mol. The fourth-order valence-electron chi connectivity index (χ4n) is 0.902. The average Bonchev–Trinajstić information content (AvgIpc) is 2.41. The second kappa shape index (κ2) is 4.40. The Morgan fingerprint density at radius 1 is 1.62 bits per heavy atom. The minimum atomic E-state index is -4.05. The van der Waals surface area contributed by atoms with E-state index in [2.05, 4.69) is 20.7 Å². The zero-order valence-electron chi connectivity index (χ0n) is 7.91. The van der Waals surface area contributed by atoms with E-state index in [1.807, 2.05) is 0 Å². The number of aromatic nitrogens is 1. The Balaban J connectivity index is 2.99. The van der Waals surface area contributed by atoms with Gasteiger partial charge in [0.15, 0.2) is 11.5 Å². The van der Waals surface area contributed by atoms with Crippen LogP contribution in [0.3, 0.4) is 0 Å². The molecule has 1 aromatic heterocycles. The number of hydrogen-bond acceptors (Lipinski definition) is 5. The van der Waals surface area contributed by atoms with Gasteiger partial charge in [0.25, 0.3) is 0 Å². The van der Waals surface area contributed by atoms with Crippen LogP contribution in [0.1, 0.15) is 5.69 Å². The smallest absolute Gasteiger partial charge is 0.355 e. The van der Waals surface area contributed by atoms with Crippen molar-refractivity contribution in [3.8, 4) is 5.06 Å². The Morgan fingerprint density at radius 3 is 2.62 bits per heavy atom. The number of alkyl halides is 3. The first kappa shape index (κ1) is 13.6. The van der Waals surface area contributed by atoms with Gasteiger partial charge < -0.3 is 4.74 Å². The second-order valence-electron chi connectivity index (χ2n) is 2.83. The third-order valence-electron chi connectivity index (χ3n) is 1.43. The van der Waals surface area contributed by atoms with Gasteiger partial charge in [0.2, 0.25) is 15.1 Å². The van der Waals surface area contributed by atoms with E-state index < -0.39 is 26.9 Å². The number of rotatable bonds is 4. The molecule has 10 heteroatoms. The van der Waals surface area contributed by atoms with E-state index in [9.17, 15) is 17.2 Å². The first-order valence-electron chi connectivity index (χ1n) is 3.80. The van der Waals surface area contributed by atoms with Crippen LogP contribution < -0.4 is 9.88 Å². The number of primary sulfonamides is 1. The molecule has 2 N–H and O–H groups in total. The van der Waals surface area contributed by atoms with Crippen LogP contribution in [0.25, 0.3) is 0 Å². The number of aryl methyl sites for hydroxylation is 1. The summed E-state index contributed by atoms with van der Waals surface area (Å²) in [7, 11) is -4.05. The van der Waals surface area contributed by atoms with Gasteiger partial charge in [-0.15, -0.1) is 0 Å². The molecule has 0 spiro atoms. The summed E-state index contributed by atoms with van der Waals surface area (Å²) in [6, 6.07) is 0. The van der Waals surface area contributed by atoms with Crippen molar-refractivity contribution in [3.63, 3.8) is 0 Å². The van der Waals surface area contributed by atoms with Gasteiger partial charge in [-0.05, 0) is 18.5 Å². The van der Waals surface area contributed by atoms with Crippen molar-refractivity contribution < 1.29 is 21.9 Å². The Kier molecular flexibility index (Phi) is 3.72. The van der Waals surface area contributed by atoms with Crippen LogP contribution in [0, 0.1) is 6.92 Å². The van der Waals surface area contributed by atoms with Gasteiger partial charge >= 0.3 is 5.38 Å². The molecule has 0 saturated carbocycles. The highest BCUT2D eigenvalue weighted by atomic mass is 35.5. The highest BCUT2D eigenvalue weighted by Gasteiger charge is 2.29. The zero-order chi connectivity index (χ0) is 12.6. The standard InChI is InChI=1S/C6H7ClF2N2O3S2/c1-3-4(16(10,12)13)5(15-11-3)14-2-6(7,8)9/h2H2,1H3,(H2,10,12,13). The lowest BCUT2D eigenvalue weighted by atomic mass is 10.5. The van der Waals surface area contributed by atoms with Crippen molar-refractivity contribution in [3.05, 3.63) is 5.69 Å². The van der Waals surface area contributed by atoms with Gasteiger partial charge in [0, 0.05) is 11.5 Å². The van der Waals surface area contributed by atoms with Crippen molar-refractivity contribution >= 4 is 33.2 Å². The molecule has 1 heterocycles. The van der Waals surface area contributed by atoms with E-state index in [0.717, 1.165) is 0 Å². The van der Waals surface area contributed by atoms with E-state index in [4.69, 9.17) is 5.14 Å². The fraction of sp³-hybridized carbons (Fsp3) is 0.500. The lowest BCUT2D eigenvalue weighted by Crippen LogP contribution is -2.19. The second-order valence-corrected chi connectivity index (χ2v) is 5.62. The molecule has 0 bridgehead atoms. The normalized spacial score (nSPS) is 12.8. The molecule has 0 aliphatic carbocycles. The molecule has 16 heavy (non-hydrogen) atoms. The lowest BCUT2D eigenvalue weighted by Gasteiger charge is -2.09. The summed E-state index contributed by atoms with van der Waals surface area (Å²) in [6.45, 7) is 0.223. The minimum absolute atomic E-state index is 0.0976. The maximum atomic E-state index is 12.3. The molecule has 5 nitrogen and oxygen atoms in total. The summed E-state index contributed by atoms with van der Waals surface area (Å²) < 4.78 is 55.0. The maximum absolute atomic E-state index is 12.3. The van der Waals surface area contributed by atoms with Gasteiger partial charge in [-0.2, -0.15) is 13.2 Å². The van der Waals surface area contributed by atoms with Crippen molar-refractivity contribution in [1.82, 2.24) is 4.37 Å². The summed E-state index contributed by atoms with van der Waals surface area (Å²) in [6.07, 6.45) is 0. The molecule has 0 aliphatic rings. The number of nitrogens with zero attached hydrogens (tertiary/aromatic N) is 1. The van der Waals surface area contributed by atoms with Crippen molar-refractivity contribution in [1.29, 1.82) is 0 Å². The van der Waals surface area contributed by atoms with Crippen molar-refractivity contribution in [2.75, 3.05) is 6.61 Å². The maximum Gasteiger partial charge on any atom is 0.355 e. The average molecular weight is 293 g/mol. The van der Waals surface area contributed by atoms with Gasteiger partial charge in [-0.1, -0.05) is 0 Å². The summed E-state index contributed by atoms with van der Waals surface area (Å²) in [5.74, 6) is 0. The third-order valence-corrected chi connectivity index (χ3v) is 3.57. The number of sulfonamides is 1. The summed E-state index contributed by atoms with van der Waals surface area (Å²) in [5, 5.41) is 1.01. The third kappa shape index (κ3) is 3.51. The van der Waals surface area contributed by atoms with E-state index in [1.165, 1.54) is 6.92 Å². The highest BCUT2D eigenvalue weighted by Crippen LogP contribution is 2.32. The Morgan fingerprint density at radius 2 is 2.19 bits per heavy atom. The fourth-order valence-corrected chi connectivity index (χ4v) is 2.88. The summed E-state index contributed by atoms with van der Waals surface area (Å²) in [4.78, 5) is -0.390. The molecule has 0 amide bonds. The van der Waals surface area contributed by atoms with Crippen molar-refractivity contribution in [2.45, 2.75) is 17.2 Å². The zero-order valence-corrected chi connectivity index (χ0v) is 10.3. The van der Waals surface area contributed by atoms with E-state index >= 15 is 0 Å². The van der Waals surface area contributed by atoms with Crippen LogP contribution in [0.2, 0.25) is 0 Å². The molecule has 0 fully saturated rings. The lowest BCUT2D eigenvalue weighted by molar-refractivity contribution is 0.0397. The molecule has 0 saturated heterocycles.